The predicted octanol–water partition coefficient (Wildman–Crippen LogP) is 4.41. The van der Waals surface area contributed by atoms with Crippen molar-refractivity contribution in [2.75, 3.05) is 14.2 Å². The topological polar surface area (TPSA) is 89.1 Å². The third-order valence-electron chi connectivity index (χ3n) is 4.09. The van der Waals surface area contributed by atoms with Gasteiger partial charge in [-0.25, -0.2) is 0 Å². The standard InChI is InChI=1S/C23H20O6/c1-27-22-9-5-15(11-20(22)25)3-7-18-13-17(24)14-19(29-18)8-4-16-6-10-23(28-2)21(26)12-16/h3-14,25-26H,1-2H3/b7-3+,8-4+. The molecule has 2 N–H and O–H groups in total. The van der Waals surface area contributed by atoms with E-state index >= 15 is 0 Å². The Morgan fingerprint density at radius 1 is 0.724 bits per heavy atom. The smallest absolute Gasteiger partial charge is 0.186 e. The van der Waals surface area contributed by atoms with E-state index in [1.807, 2.05) is 0 Å². The molecule has 6 heteroatoms. The Kier molecular flexibility index (Phi) is 6.04. The van der Waals surface area contributed by atoms with E-state index in [0.29, 0.717) is 23.0 Å². The molecule has 1 heterocycles. The minimum absolute atomic E-state index is 0.0236. The van der Waals surface area contributed by atoms with Crippen LogP contribution < -0.4 is 14.9 Å². The number of rotatable bonds is 6. The van der Waals surface area contributed by atoms with Crippen LogP contribution in [0, 0.1) is 0 Å². The lowest BCUT2D eigenvalue weighted by Crippen LogP contribution is -1.98. The van der Waals surface area contributed by atoms with Crippen molar-refractivity contribution in [3.8, 4) is 23.0 Å². The van der Waals surface area contributed by atoms with Crippen LogP contribution in [-0.2, 0) is 0 Å². The van der Waals surface area contributed by atoms with Gasteiger partial charge in [0.15, 0.2) is 28.4 Å². The molecule has 0 amide bonds. The average molecular weight is 392 g/mol. The number of phenols is 2. The van der Waals surface area contributed by atoms with Crippen molar-refractivity contribution >= 4 is 24.3 Å². The third kappa shape index (κ3) is 5.07. The van der Waals surface area contributed by atoms with Gasteiger partial charge in [-0.3, -0.25) is 4.79 Å². The zero-order chi connectivity index (χ0) is 20.8. The molecule has 1 aromatic heterocycles. The van der Waals surface area contributed by atoms with Crippen LogP contribution in [-0.4, -0.2) is 24.4 Å². The second-order valence-electron chi connectivity index (χ2n) is 6.13. The van der Waals surface area contributed by atoms with Crippen LogP contribution in [0.15, 0.2) is 57.7 Å². The van der Waals surface area contributed by atoms with Gasteiger partial charge >= 0.3 is 0 Å². The fraction of sp³-hybridized carbons (Fsp3) is 0.0870. The first-order chi connectivity index (χ1) is 14.0. The maximum absolute atomic E-state index is 12.0. The number of methoxy groups -OCH3 is 2. The van der Waals surface area contributed by atoms with Gasteiger partial charge in [0.1, 0.15) is 11.5 Å². The van der Waals surface area contributed by atoms with Gasteiger partial charge in [0.25, 0.3) is 0 Å². The van der Waals surface area contributed by atoms with E-state index in [0.717, 1.165) is 11.1 Å². The summed E-state index contributed by atoms with van der Waals surface area (Å²) in [7, 11) is 2.96. The van der Waals surface area contributed by atoms with Crippen molar-refractivity contribution in [1.29, 1.82) is 0 Å². The number of ether oxygens (including phenoxy) is 2. The lowest BCUT2D eigenvalue weighted by Gasteiger charge is -2.03. The zero-order valence-electron chi connectivity index (χ0n) is 16.0. The first kappa shape index (κ1) is 19.8. The maximum Gasteiger partial charge on any atom is 0.186 e. The van der Waals surface area contributed by atoms with Crippen LogP contribution in [0.5, 0.6) is 23.0 Å². The van der Waals surface area contributed by atoms with Crippen molar-refractivity contribution in [2.45, 2.75) is 0 Å². The minimum Gasteiger partial charge on any atom is -0.504 e. The Morgan fingerprint density at radius 2 is 1.17 bits per heavy atom. The third-order valence-corrected chi connectivity index (χ3v) is 4.09. The molecule has 0 atom stereocenters. The predicted molar refractivity (Wildman–Crippen MR) is 112 cm³/mol. The average Bonchev–Trinajstić information content (AvgIpc) is 2.70. The van der Waals surface area contributed by atoms with Crippen LogP contribution in [0.4, 0.5) is 0 Å². The summed E-state index contributed by atoms with van der Waals surface area (Å²) in [6.45, 7) is 0. The Bertz CT molecular complexity index is 1040. The molecule has 0 radical (unpaired) electrons. The largest absolute Gasteiger partial charge is 0.504 e. The van der Waals surface area contributed by atoms with Crippen LogP contribution in [0.25, 0.3) is 24.3 Å². The van der Waals surface area contributed by atoms with Crippen LogP contribution >= 0.6 is 0 Å². The molecule has 0 spiro atoms. The van der Waals surface area contributed by atoms with Crippen molar-refractivity contribution in [1.82, 2.24) is 0 Å². The quantitative estimate of drug-likeness (QED) is 0.646. The molecular formula is C23H20O6. The fourth-order valence-electron chi connectivity index (χ4n) is 2.66. The first-order valence-electron chi connectivity index (χ1n) is 8.74. The minimum atomic E-state index is -0.203. The number of hydrogen-bond donors (Lipinski definition) is 2. The molecule has 2 aromatic carbocycles. The van der Waals surface area contributed by atoms with Crippen molar-refractivity contribution in [3.63, 3.8) is 0 Å². The summed E-state index contributed by atoms with van der Waals surface area (Å²) in [5.74, 6) is 1.54. The van der Waals surface area contributed by atoms with E-state index in [2.05, 4.69) is 0 Å². The molecule has 0 bridgehead atoms. The maximum atomic E-state index is 12.0. The molecule has 0 aliphatic heterocycles. The molecule has 0 aliphatic rings. The SMILES string of the molecule is COc1ccc(/C=C/c2cc(=O)cc(/C=C/c3ccc(OC)c(O)c3)o2)cc1O. The van der Waals surface area contributed by atoms with E-state index < -0.39 is 0 Å². The number of phenolic OH excluding ortho intramolecular Hbond substituents is 2. The molecule has 0 unspecified atom stereocenters. The van der Waals surface area contributed by atoms with E-state index in [1.165, 1.54) is 26.4 Å². The Labute approximate surface area is 167 Å². The lowest BCUT2D eigenvalue weighted by molar-refractivity contribution is 0.373. The summed E-state index contributed by atoms with van der Waals surface area (Å²) in [6.07, 6.45) is 6.71. The molecule has 148 valence electrons. The van der Waals surface area contributed by atoms with Crippen molar-refractivity contribution in [3.05, 3.63) is 81.4 Å². The fourth-order valence-corrected chi connectivity index (χ4v) is 2.66. The highest BCUT2D eigenvalue weighted by molar-refractivity contribution is 5.71. The van der Waals surface area contributed by atoms with Gasteiger partial charge in [-0.1, -0.05) is 24.3 Å². The van der Waals surface area contributed by atoms with Gasteiger partial charge in [-0.15, -0.1) is 0 Å². The molecule has 3 rings (SSSR count). The first-order valence-corrected chi connectivity index (χ1v) is 8.74. The number of aromatic hydroxyl groups is 2. The van der Waals surface area contributed by atoms with Gasteiger partial charge in [-0.2, -0.15) is 0 Å². The van der Waals surface area contributed by atoms with E-state index in [-0.39, 0.29) is 16.9 Å². The molecule has 0 saturated heterocycles. The second-order valence-corrected chi connectivity index (χ2v) is 6.13. The summed E-state index contributed by atoms with van der Waals surface area (Å²) in [6, 6.07) is 12.7. The summed E-state index contributed by atoms with van der Waals surface area (Å²) < 4.78 is 15.7. The van der Waals surface area contributed by atoms with Crippen LogP contribution in [0.3, 0.4) is 0 Å². The Morgan fingerprint density at radius 3 is 1.55 bits per heavy atom. The van der Waals surface area contributed by atoms with Gasteiger partial charge in [0, 0.05) is 12.1 Å². The molecule has 0 fully saturated rings. The normalized spacial score (nSPS) is 11.2. The molecule has 0 saturated carbocycles. The molecular weight excluding hydrogens is 372 g/mol. The van der Waals surface area contributed by atoms with Gasteiger partial charge in [-0.05, 0) is 47.5 Å². The highest BCUT2D eigenvalue weighted by Gasteiger charge is 2.03. The summed E-state index contributed by atoms with van der Waals surface area (Å²) in [5.41, 5.74) is 1.24. The monoisotopic (exact) mass is 392 g/mol. The highest BCUT2D eigenvalue weighted by Crippen LogP contribution is 2.28. The second kappa shape index (κ2) is 8.84. The van der Waals surface area contributed by atoms with Gasteiger partial charge in [0.05, 0.1) is 14.2 Å². The summed E-state index contributed by atoms with van der Waals surface area (Å²) in [4.78, 5) is 12.0. The van der Waals surface area contributed by atoms with Crippen molar-refractivity contribution in [2.24, 2.45) is 0 Å². The van der Waals surface area contributed by atoms with Crippen LogP contribution in [0.1, 0.15) is 22.6 Å². The Balaban J connectivity index is 1.81. The van der Waals surface area contributed by atoms with E-state index in [4.69, 9.17) is 13.9 Å². The highest BCUT2D eigenvalue weighted by atomic mass is 16.5. The Hall–Kier alpha value is -3.93. The van der Waals surface area contributed by atoms with Gasteiger partial charge in [0.2, 0.25) is 0 Å². The van der Waals surface area contributed by atoms with E-state index in [1.54, 1.807) is 60.7 Å². The van der Waals surface area contributed by atoms with Crippen molar-refractivity contribution < 1.29 is 24.1 Å². The van der Waals surface area contributed by atoms with Gasteiger partial charge < -0.3 is 24.1 Å². The molecule has 6 nitrogen and oxygen atoms in total. The summed E-state index contributed by atoms with van der Waals surface area (Å²) >= 11 is 0. The van der Waals surface area contributed by atoms with Crippen LogP contribution in [0.2, 0.25) is 0 Å². The molecule has 29 heavy (non-hydrogen) atoms. The number of hydrogen-bond acceptors (Lipinski definition) is 6. The lowest BCUT2D eigenvalue weighted by atomic mass is 10.1. The van der Waals surface area contributed by atoms with E-state index in [9.17, 15) is 15.0 Å². The zero-order valence-corrected chi connectivity index (χ0v) is 16.0. The molecule has 3 aromatic rings. The summed E-state index contributed by atoms with van der Waals surface area (Å²) in [5, 5.41) is 19.7. The number of benzene rings is 2. The molecule has 0 aliphatic carbocycles.